The zero-order valence-electron chi connectivity index (χ0n) is 14.0. The van der Waals surface area contributed by atoms with Crippen LogP contribution < -0.4 is 10.2 Å². The molecule has 0 spiro atoms. The third-order valence-electron chi connectivity index (χ3n) is 3.94. The summed E-state index contributed by atoms with van der Waals surface area (Å²) in [4.78, 5) is 26.7. The third kappa shape index (κ3) is 3.46. The first-order chi connectivity index (χ1) is 11.4. The van der Waals surface area contributed by atoms with Crippen LogP contribution in [0.5, 0.6) is 0 Å². The molecule has 0 fully saturated rings. The topological polar surface area (TPSA) is 49.4 Å². The Morgan fingerprint density at radius 2 is 1.92 bits per heavy atom. The highest BCUT2D eigenvalue weighted by atomic mass is 32.2. The average Bonchev–Trinajstić information content (AvgIpc) is 2.53. The van der Waals surface area contributed by atoms with Crippen LogP contribution in [0.25, 0.3) is 0 Å². The first-order valence-corrected chi connectivity index (χ1v) is 8.77. The molecule has 0 saturated carbocycles. The molecule has 1 unspecified atom stereocenters. The van der Waals surface area contributed by atoms with Crippen molar-refractivity contribution < 1.29 is 9.59 Å². The molecule has 1 aliphatic rings. The fourth-order valence-corrected chi connectivity index (χ4v) is 3.92. The van der Waals surface area contributed by atoms with Crippen molar-refractivity contribution in [2.75, 3.05) is 10.2 Å². The maximum atomic E-state index is 12.6. The van der Waals surface area contributed by atoms with E-state index in [0.29, 0.717) is 6.54 Å². The molecule has 1 atom stereocenters. The Balaban J connectivity index is 1.86. The van der Waals surface area contributed by atoms with Crippen molar-refractivity contribution in [3.63, 3.8) is 0 Å². The maximum absolute atomic E-state index is 12.6. The van der Waals surface area contributed by atoms with E-state index in [-0.39, 0.29) is 17.1 Å². The number of anilines is 2. The molecule has 0 bridgehead atoms. The average molecular weight is 340 g/mol. The van der Waals surface area contributed by atoms with E-state index in [4.69, 9.17) is 0 Å². The van der Waals surface area contributed by atoms with Gasteiger partial charge in [0.15, 0.2) is 0 Å². The minimum Gasteiger partial charge on any atom is -0.326 e. The lowest BCUT2D eigenvalue weighted by molar-refractivity contribution is -0.118. The standard InChI is InChI=1S/C19H20N2O2S/c1-12-4-9-17-18(10-12)24-13(2)19(23)21(17)11-15-5-7-16(8-6-15)20-14(3)22/h4-10,13H,11H2,1-3H3,(H,20,22). The molecule has 3 rings (SSSR count). The van der Waals surface area contributed by atoms with Gasteiger partial charge in [0.25, 0.3) is 0 Å². The van der Waals surface area contributed by atoms with Gasteiger partial charge in [-0.1, -0.05) is 18.2 Å². The Bertz CT molecular complexity index is 786. The second kappa shape index (κ2) is 6.69. The van der Waals surface area contributed by atoms with E-state index >= 15 is 0 Å². The number of carbonyl (C=O) groups is 2. The van der Waals surface area contributed by atoms with Crippen LogP contribution in [0.1, 0.15) is 25.0 Å². The number of thioether (sulfide) groups is 1. The summed E-state index contributed by atoms with van der Waals surface area (Å²) < 4.78 is 0. The molecule has 4 nitrogen and oxygen atoms in total. The number of hydrogen-bond acceptors (Lipinski definition) is 3. The number of aryl methyl sites for hydroxylation is 1. The molecular weight excluding hydrogens is 320 g/mol. The lowest BCUT2D eigenvalue weighted by atomic mass is 10.1. The molecule has 0 aliphatic carbocycles. The summed E-state index contributed by atoms with van der Waals surface area (Å²) in [6.07, 6.45) is 0. The molecule has 0 radical (unpaired) electrons. The molecule has 2 aromatic rings. The van der Waals surface area contributed by atoms with Gasteiger partial charge in [-0.15, -0.1) is 11.8 Å². The summed E-state index contributed by atoms with van der Waals surface area (Å²) >= 11 is 1.62. The van der Waals surface area contributed by atoms with Crippen molar-refractivity contribution in [2.45, 2.75) is 37.5 Å². The molecule has 2 amide bonds. The fourth-order valence-electron chi connectivity index (χ4n) is 2.76. The smallest absolute Gasteiger partial charge is 0.240 e. The van der Waals surface area contributed by atoms with Crippen LogP contribution in [0.2, 0.25) is 0 Å². The first-order valence-electron chi connectivity index (χ1n) is 7.89. The van der Waals surface area contributed by atoms with E-state index in [1.165, 1.54) is 12.5 Å². The number of hydrogen-bond donors (Lipinski definition) is 1. The Hall–Kier alpha value is -2.27. The fraction of sp³-hybridized carbons (Fsp3) is 0.263. The summed E-state index contributed by atoms with van der Waals surface area (Å²) in [5.41, 5.74) is 3.96. The van der Waals surface area contributed by atoms with Crippen molar-refractivity contribution in [1.29, 1.82) is 0 Å². The molecule has 5 heteroatoms. The van der Waals surface area contributed by atoms with Crippen molar-refractivity contribution in [3.05, 3.63) is 53.6 Å². The van der Waals surface area contributed by atoms with Crippen LogP contribution in [0.15, 0.2) is 47.4 Å². The van der Waals surface area contributed by atoms with Crippen LogP contribution in [0.3, 0.4) is 0 Å². The summed E-state index contributed by atoms with van der Waals surface area (Å²) in [6, 6.07) is 13.8. The highest BCUT2D eigenvalue weighted by Crippen LogP contribution is 2.40. The van der Waals surface area contributed by atoms with Crippen molar-refractivity contribution in [1.82, 2.24) is 0 Å². The van der Waals surface area contributed by atoms with E-state index < -0.39 is 0 Å². The van der Waals surface area contributed by atoms with Gasteiger partial charge in [0, 0.05) is 17.5 Å². The molecule has 0 saturated heterocycles. The predicted octanol–water partition coefficient (Wildman–Crippen LogP) is 3.98. The molecule has 124 valence electrons. The van der Waals surface area contributed by atoms with Gasteiger partial charge in [-0.25, -0.2) is 0 Å². The van der Waals surface area contributed by atoms with Crippen LogP contribution in [-0.4, -0.2) is 17.1 Å². The van der Waals surface area contributed by atoms with E-state index in [1.807, 2.05) is 48.2 Å². The molecule has 0 aromatic heterocycles. The minimum atomic E-state index is -0.0934. The van der Waals surface area contributed by atoms with Gasteiger partial charge < -0.3 is 10.2 Å². The number of fused-ring (bicyclic) bond motifs is 1. The lowest BCUT2D eigenvalue weighted by Crippen LogP contribution is -2.39. The normalized spacial score (nSPS) is 16.7. The number of amides is 2. The van der Waals surface area contributed by atoms with Crippen LogP contribution in [-0.2, 0) is 16.1 Å². The highest BCUT2D eigenvalue weighted by molar-refractivity contribution is 8.01. The molecule has 1 heterocycles. The zero-order chi connectivity index (χ0) is 17.3. The van der Waals surface area contributed by atoms with Crippen LogP contribution in [0, 0.1) is 6.92 Å². The number of carbonyl (C=O) groups excluding carboxylic acids is 2. The lowest BCUT2D eigenvalue weighted by Gasteiger charge is -2.32. The molecule has 2 aromatic carbocycles. The largest absolute Gasteiger partial charge is 0.326 e. The highest BCUT2D eigenvalue weighted by Gasteiger charge is 2.30. The van der Waals surface area contributed by atoms with Crippen molar-refractivity contribution in [2.24, 2.45) is 0 Å². The number of benzene rings is 2. The molecular formula is C19H20N2O2S. The van der Waals surface area contributed by atoms with Crippen LogP contribution in [0.4, 0.5) is 11.4 Å². The minimum absolute atomic E-state index is 0.0852. The SMILES string of the molecule is CC(=O)Nc1ccc(CN2C(=O)C(C)Sc3cc(C)ccc32)cc1. The summed E-state index contributed by atoms with van der Waals surface area (Å²) in [5.74, 6) is 0.0337. The molecule has 24 heavy (non-hydrogen) atoms. The van der Waals surface area contributed by atoms with E-state index in [2.05, 4.69) is 18.3 Å². The first kappa shape index (κ1) is 16.6. The van der Waals surface area contributed by atoms with Gasteiger partial charge in [-0.05, 0) is 49.2 Å². The number of nitrogens with one attached hydrogen (secondary N) is 1. The van der Waals surface area contributed by atoms with Crippen molar-refractivity contribution >= 4 is 35.0 Å². The van der Waals surface area contributed by atoms with Gasteiger partial charge >= 0.3 is 0 Å². The van der Waals surface area contributed by atoms with Gasteiger partial charge in [-0.2, -0.15) is 0 Å². The van der Waals surface area contributed by atoms with Crippen molar-refractivity contribution in [3.8, 4) is 0 Å². The number of rotatable bonds is 3. The second-order valence-electron chi connectivity index (χ2n) is 6.03. The molecule has 1 aliphatic heterocycles. The van der Waals surface area contributed by atoms with Gasteiger partial charge in [0.2, 0.25) is 11.8 Å². The Kier molecular flexibility index (Phi) is 4.62. The Labute approximate surface area is 146 Å². The summed E-state index contributed by atoms with van der Waals surface area (Å²) in [7, 11) is 0. The Morgan fingerprint density at radius 3 is 2.58 bits per heavy atom. The van der Waals surface area contributed by atoms with E-state index in [9.17, 15) is 9.59 Å². The second-order valence-corrected chi connectivity index (χ2v) is 7.42. The predicted molar refractivity (Wildman–Crippen MR) is 98.4 cm³/mol. The number of nitrogens with zero attached hydrogens (tertiary/aromatic N) is 1. The third-order valence-corrected chi connectivity index (χ3v) is 5.07. The van der Waals surface area contributed by atoms with Gasteiger partial charge in [0.05, 0.1) is 17.5 Å². The quantitative estimate of drug-likeness (QED) is 0.919. The summed E-state index contributed by atoms with van der Waals surface area (Å²) in [6.45, 7) is 6.02. The van der Waals surface area contributed by atoms with Gasteiger partial charge in [0.1, 0.15) is 0 Å². The van der Waals surface area contributed by atoms with E-state index in [0.717, 1.165) is 21.8 Å². The summed E-state index contributed by atoms with van der Waals surface area (Å²) in [5, 5.41) is 2.67. The zero-order valence-corrected chi connectivity index (χ0v) is 14.8. The molecule has 1 N–H and O–H groups in total. The maximum Gasteiger partial charge on any atom is 0.240 e. The Morgan fingerprint density at radius 1 is 1.21 bits per heavy atom. The monoisotopic (exact) mass is 340 g/mol. The van der Waals surface area contributed by atoms with Crippen LogP contribution >= 0.6 is 11.8 Å². The van der Waals surface area contributed by atoms with Gasteiger partial charge in [-0.3, -0.25) is 9.59 Å². The van der Waals surface area contributed by atoms with E-state index in [1.54, 1.807) is 11.8 Å².